The number of benzene rings is 1. The molecule has 0 aliphatic carbocycles. The minimum Gasteiger partial charge on any atom is -0.338 e. The second kappa shape index (κ2) is 7.36. The van der Waals surface area contributed by atoms with Crippen molar-refractivity contribution in [3.63, 3.8) is 0 Å². The van der Waals surface area contributed by atoms with Crippen molar-refractivity contribution in [3.8, 4) is 11.4 Å². The maximum absolute atomic E-state index is 5.39. The predicted octanol–water partition coefficient (Wildman–Crippen LogP) is 3.13. The van der Waals surface area contributed by atoms with Crippen molar-refractivity contribution in [2.45, 2.75) is 37.8 Å². The molecule has 120 valence electrons. The van der Waals surface area contributed by atoms with Crippen molar-refractivity contribution in [2.75, 3.05) is 0 Å². The molecular weight excluding hydrogens is 312 g/mol. The number of tetrazole rings is 1. The Kier molecular flexibility index (Phi) is 5.02. The quantitative estimate of drug-likeness (QED) is 0.658. The number of hydrogen-bond donors (Lipinski definition) is 0. The Morgan fingerprint density at radius 2 is 2.09 bits per heavy atom. The zero-order chi connectivity index (χ0) is 16.1. The SMILES string of the molecule is CCCn1nnnc1CS[C@@H](C)c1nc(-c2ccccc2)no1. The third-order valence-electron chi connectivity index (χ3n) is 3.33. The third kappa shape index (κ3) is 3.76. The van der Waals surface area contributed by atoms with E-state index in [0.29, 0.717) is 17.5 Å². The second-order valence-corrected chi connectivity index (χ2v) is 6.42. The van der Waals surface area contributed by atoms with E-state index >= 15 is 0 Å². The van der Waals surface area contributed by atoms with Crippen molar-refractivity contribution in [2.24, 2.45) is 0 Å². The molecule has 2 heterocycles. The molecule has 0 aliphatic rings. The van der Waals surface area contributed by atoms with Crippen LogP contribution in [-0.2, 0) is 12.3 Å². The van der Waals surface area contributed by atoms with Crippen LogP contribution in [0.3, 0.4) is 0 Å². The van der Waals surface area contributed by atoms with Gasteiger partial charge in [-0.25, -0.2) is 4.68 Å². The molecule has 0 saturated heterocycles. The predicted molar refractivity (Wildman–Crippen MR) is 87.6 cm³/mol. The summed E-state index contributed by atoms with van der Waals surface area (Å²) in [6.45, 7) is 4.97. The molecule has 0 N–H and O–H groups in total. The molecule has 23 heavy (non-hydrogen) atoms. The molecule has 0 fully saturated rings. The minimum absolute atomic E-state index is 0.0757. The van der Waals surface area contributed by atoms with Crippen molar-refractivity contribution in [1.29, 1.82) is 0 Å². The van der Waals surface area contributed by atoms with Gasteiger partial charge in [-0.05, 0) is 23.8 Å². The maximum atomic E-state index is 5.39. The van der Waals surface area contributed by atoms with E-state index in [9.17, 15) is 0 Å². The number of hydrogen-bond acceptors (Lipinski definition) is 7. The molecule has 7 nitrogen and oxygen atoms in total. The second-order valence-electron chi connectivity index (χ2n) is 5.09. The van der Waals surface area contributed by atoms with Crippen LogP contribution < -0.4 is 0 Å². The Balaban J connectivity index is 1.64. The molecule has 3 aromatic rings. The lowest BCUT2D eigenvalue weighted by molar-refractivity contribution is 0.380. The van der Waals surface area contributed by atoms with E-state index in [0.717, 1.165) is 24.4 Å². The molecule has 8 heteroatoms. The molecule has 1 atom stereocenters. The van der Waals surface area contributed by atoms with Gasteiger partial charge in [-0.2, -0.15) is 4.98 Å². The van der Waals surface area contributed by atoms with Crippen molar-refractivity contribution in [1.82, 2.24) is 30.3 Å². The number of thioether (sulfide) groups is 1. The minimum atomic E-state index is 0.0757. The third-order valence-corrected chi connectivity index (χ3v) is 4.45. The van der Waals surface area contributed by atoms with Crippen LogP contribution in [0.15, 0.2) is 34.9 Å². The Morgan fingerprint density at radius 3 is 2.87 bits per heavy atom. The number of aromatic nitrogens is 6. The van der Waals surface area contributed by atoms with E-state index in [2.05, 4.69) is 32.6 Å². The van der Waals surface area contributed by atoms with Crippen LogP contribution in [0.25, 0.3) is 11.4 Å². The lowest BCUT2D eigenvalue weighted by Crippen LogP contribution is -2.04. The molecule has 3 rings (SSSR count). The Hall–Kier alpha value is -2.22. The fraction of sp³-hybridized carbons (Fsp3) is 0.400. The van der Waals surface area contributed by atoms with Crippen molar-refractivity contribution >= 4 is 11.8 Å². The Bertz CT molecular complexity index is 741. The summed E-state index contributed by atoms with van der Waals surface area (Å²) in [5.41, 5.74) is 0.951. The molecule has 0 unspecified atom stereocenters. The molecular formula is C15H18N6OS. The summed E-state index contributed by atoms with van der Waals surface area (Å²) in [5, 5.41) is 15.9. The fourth-order valence-electron chi connectivity index (χ4n) is 2.09. The lowest BCUT2D eigenvalue weighted by Gasteiger charge is -2.06. The van der Waals surface area contributed by atoms with Gasteiger partial charge in [0.1, 0.15) is 0 Å². The lowest BCUT2D eigenvalue weighted by atomic mass is 10.2. The topological polar surface area (TPSA) is 82.5 Å². The van der Waals surface area contributed by atoms with Crippen LogP contribution in [-0.4, -0.2) is 30.3 Å². The largest absolute Gasteiger partial charge is 0.338 e. The molecule has 0 radical (unpaired) electrons. The van der Waals surface area contributed by atoms with Crippen LogP contribution in [0, 0.1) is 0 Å². The summed E-state index contributed by atoms with van der Waals surface area (Å²) < 4.78 is 7.22. The Labute approximate surface area is 138 Å². The smallest absolute Gasteiger partial charge is 0.239 e. The Morgan fingerprint density at radius 1 is 1.26 bits per heavy atom. The van der Waals surface area contributed by atoms with Gasteiger partial charge >= 0.3 is 0 Å². The van der Waals surface area contributed by atoms with Gasteiger partial charge in [0.15, 0.2) is 5.82 Å². The maximum Gasteiger partial charge on any atom is 0.239 e. The van der Waals surface area contributed by atoms with Gasteiger partial charge in [0.05, 0.1) is 11.0 Å². The van der Waals surface area contributed by atoms with E-state index in [-0.39, 0.29) is 5.25 Å². The van der Waals surface area contributed by atoms with Crippen LogP contribution in [0.2, 0.25) is 0 Å². The van der Waals surface area contributed by atoms with E-state index < -0.39 is 0 Å². The van der Waals surface area contributed by atoms with Gasteiger partial charge in [0, 0.05) is 12.1 Å². The average Bonchev–Trinajstić information content (AvgIpc) is 3.23. The highest BCUT2D eigenvalue weighted by Gasteiger charge is 2.17. The van der Waals surface area contributed by atoms with Crippen LogP contribution in [0.1, 0.15) is 37.2 Å². The average molecular weight is 330 g/mol. The number of rotatable bonds is 7. The van der Waals surface area contributed by atoms with Crippen LogP contribution in [0.5, 0.6) is 0 Å². The number of aryl methyl sites for hydroxylation is 1. The summed E-state index contributed by atoms with van der Waals surface area (Å²) in [5.74, 6) is 2.80. The fourth-order valence-corrected chi connectivity index (χ4v) is 2.93. The van der Waals surface area contributed by atoms with Gasteiger partial charge in [0.2, 0.25) is 11.7 Å². The van der Waals surface area contributed by atoms with Gasteiger partial charge in [-0.1, -0.05) is 42.4 Å². The summed E-state index contributed by atoms with van der Waals surface area (Å²) in [4.78, 5) is 4.48. The molecule has 1 aromatic carbocycles. The highest BCUT2D eigenvalue weighted by atomic mass is 32.2. The molecule has 0 aliphatic heterocycles. The normalized spacial score (nSPS) is 12.4. The van der Waals surface area contributed by atoms with Gasteiger partial charge in [-0.3, -0.25) is 0 Å². The van der Waals surface area contributed by atoms with Crippen LogP contribution >= 0.6 is 11.8 Å². The summed E-state index contributed by atoms with van der Waals surface area (Å²) in [7, 11) is 0. The van der Waals surface area contributed by atoms with Crippen LogP contribution in [0.4, 0.5) is 0 Å². The molecule has 2 aromatic heterocycles. The molecule has 0 bridgehead atoms. The van der Waals surface area contributed by atoms with Gasteiger partial charge < -0.3 is 4.52 Å². The summed E-state index contributed by atoms with van der Waals surface area (Å²) >= 11 is 1.68. The van der Waals surface area contributed by atoms with Gasteiger partial charge in [0.25, 0.3) is 0 Å². The van der Waals surface area contributed by atoms with E-state index in [4.69, 9.17) is 4.52 Å². The van der Waals surface area contributed by atoms with E-state index in [1.165, 1.54) is 0 Å². The monoisotopic (exact) mass is 330 g/mol. The van der Waals surface area contributed by atoms with Gasteiger partial charge in [-0.15, -0.1) is 16.9 Å². The zero-order valence-electron chi connectivity index (χ0n) is 13.1. The summed E-state index contributed by atoms with van der Waals surface area (Å²) in [6, 6.07) is 9.80. The highest BCUT2D eigenvalue weighted by Crippen LogP contribution is 2.30. The first-order valence-electron chi connectivity index (χ1n) is 7.53. The molecule has 0 amide bonds. The molecule has 0 saturated carbocycles. The first-order chi connectivity index (χ1) is 11.3. The van der Waals surface area contributed by atoms with E-state index in [1.807, 2.05) is 41.9 Å². The molecule has 0 spiro atoms. The zero-order valence-corrected chi connectivity index (χ0v) is 13.9. The summed E-state index contributed by atoms with van der Waals surface area (Å²) in [6.07, 6.45) is 1.00. The highest BCUT2D eigenvalue weighted by molar-refractivity contribution is 7.98. The first kappa shape index (κ1) is 15.7. The van der Waals surface area contributed by atoms with Crippen molar-refractivity contribution < 1.29 is 4.52 Å². The number of nitrogens with zero attached hydrogens (tertiary/aromatic N) is 6. The first-order valence-corrected chi connectivity index (χ1v) is 8.58. The standard InChI is InChI=1S/C15H18N6OS/c1-3-9-21-13(17-19-20-21)10-23-11(2)15-16-14(18-22-15)12-7-5-4-6-8-12/h4-8,11H,3,9-10H2,1-2H3/t11-/m0/s1. The van der Waals surface area contributed by atoms with Crippen molar-refractivity contribution in [3.05, 3.63) is 42.0 Å². The van der Waals surface area contributed by atoms with E-state index in [1.54, 1.807) is 11.8 Å².